The lowest BCUT2D eigenvalue weighted by Gasteiger charge is -2.21. The monoisotopic (exact) mass is 335 g/mol. The molecule has 0 aliphatic heterocycles. The van der Waals surface area contributed by atoms with Crippen LogP contribution in [0.15, 0.2) is 56.5 Å². The van der Waals surface area contributed by atoms with E-state index in [4.69, 9.17) is 4.42 Å². The maximum atomic E-state index is 5.30. The van der Waals surface area contributed by atoms with E-state index in [-0.39, 0.29) is 0 Å². The molecule has 0 aliphatic carbocycles. The molecular weight excluding hydrogens is 318 g/mol. The molecule has 0 fully saturated rings. The van der Waals surface area contributed by atoms with E-state index in [1.54, 1.807) is 13.3 Å². The van der Waals surface area contributed by atoms with Crippen LogP contribution in [-0.4, -0.2) is 25.0 Å². The Balaban J connectivity index is 1.91. The Morgan fingerprint density at radius 1 is 1.30 bits per heavy atom. The highest BCUT2D eigenvalue weighted by Gasteiger charge is 2.07. The maximum Gasteiger partial charge on any atom is 0.194 e. The van der Waals surface area contributed by atoms with Gasteiger partial charge in [-0.25, -0.2) is 0 Å². The van der Waals surface area contributed by atoms with E-state index in [0.29, 0.717) is 6.54 Å². The molecule has 2 aromatic rings. The van der Waals surface area contributed by atoms with Gasteiger partial charge in [0.25, 0.3) is 0 Å². The van der Waals surface area contributed by atoms with Gasteiger partial charge >= 0.3 is 0 Å². The molecule has 0 saturated heterocycles. The van der Waals surface area contributed by atoms with Crippen LogP contribution >= 0.6 is 15.9 Å². The Hall–Kier alpha value is -1.75. The number of nitrogens with zero attached hydrogens (tertiary/aromatic N) is 2. The van der Waals surface area contributed by atoms with E-state index < -0.39 is 0 Å². The Bertz CT molecular complexity index is 549. The molecular formula is C15H18BrN3O. The third-order valence-electron chi connectivity index (χ3n) is 2.91. The third-order valence-corrected chi connectivity index (χ3v) is 3.44. The quantitative estimate of drug-likeness (QED) is 0.688. The molecule has 1 N–H and O–H groups in total. The highest BCUT2D eigenvalue weighted by Crippen LogP contribution is 2.11. The minimum absolute atomic E-state index is 0.629. The second-order valence-corrected chi connectivity index (χ2v) is 5.38. The molecule has 0 atom stereocenters. The summed E-state index contributed by atoms with van der Waals surface area (Å²) in [6.45, 7) is 1.43. The lowest BCUT2D eigenvalue weighted by Crippen LogP contribution is -2.37. The second-order valence-electron chi connectivity index (χ2n) is 4.46. The summed E-state index contributed by atoms with van der Waals surface area (Å²) in [7, 11) is 3.79. The zero-order chi connectivity index (χ0) is 14.4. The number of nitrogens with one attached hydrogen (secondary N) is 1. The molecule has 0 saturated carbocycles. The van der Waals surface area contributed by atoms with Crippen molar-refractivity contribution in [2.75, 3.05) is 14.1 Å². The van der Waals surface area contributed by atoms with E-state index in [1.807, 2.05) is 31.3 Å². The van der Waals surface area contributed by atoms with Crippen molar-refractivity contribution in [1.29, 1.82) is 0 Å². The molecule has 0 spiro atoms. The summed E-state index contributed by atoms with van der Waals surface area (Å²) in [5.41, 5.74) is 1.23. The molecule has 106 valence electrons. The number of hydrogen-bond donors (Lipinski definition) is 1. The van der Waals surface area contributed by atoms with Crippen molar-refractivity contribution in [2.45, 2.75) is 13.1 Å². The van der Waals surface area contributed by atoms with Gasteiger partial charge in [-0.1, -0.05) is 28.1 Å². The molecule has 1 aromatic carbocycles. The van der Waals surface area contributed by atoms with Gasteiger partial charge in [0, 0.05) is 25.1 Å². The highest BCUT2D eigenvalue weighted by atomic mass is 79.9. The lowest BCUT2D eigenvalue weighted by atomic mass is 10.2. The van der Waals surface area contributed by atoms with Crippen LogP contribution in [0.3, 0.4) is 0 Å². The molecule has 0 amide bonds. The summed E-state index contributed by atoms with van der Waals surface area (Å²) < 4.78 is 6.39. The van der Waals surface area contributed by atoms with Crippen LogP contribution in [-0.2, 0) is 13.1 Å². The number of rotatable bonds is 4. The van der Waals surface area contributed by atoms with Crippen molar-refractivity contribution in [3.63, 3.8) is 0 Å². The predicted molar refractivity (Wildman–Crippen MR) is 84.5 cm³/mol. The highest BCUT2D eigenvalue weighted by molar-refractivity contribution is 9.10. The molecule has 1 aromatic heterocycles. The Morgan fingerprint density at radius 3 is 2.65 bits per heavy atom. The van der Waals surface area contributed by atoms with Crippen LogP contribution in [0.4, 0.5) is 0 Å². The van der Waals surface area contributed by atoms with Gasteiger partial charge in [-0.05, 0) is 29.8 Å². The van der Waals surface area contributed by atoms with Crippen molar-refractivity contribution >= 4 is 21.9 Å². The van der Waals surface area contributed by atoms with Gasteiger partial charge in [-0.15, -0.1) is 0 Å². The minimum Gasteiger partial charge on any atom is -0.467 e. The zero-order valence-electron chi connectivity index (χ0n) is 11.6. The zero-order valence-corrected chi connectivity index (χ0v) is 13.2. The molecule has 0 radical (unpaired) electrons. The van der Waals surface area contributed by atoms with Crippen LogP contribution in [0, 0.1) is 0 Å². The predicted octanol–water partition coefficient (Wildman–Crippen LogP) is 3.25. The molecule has 4 nitrogen and oxygen atoms in total. The topological polar surface area (TPSA) is 40.8 Å². The molecule has 20 heavy (non-hydrogen) atoms. The van der Waals surface area contributed by atoms with Crippen LogP contribution in [0.5, 0.6) is 0 Å². The van der Waals surface area contributed by atoms with Crippen molar-refractivity contribution < 1.29 is 4.42 Å². The summed E-state index contributed by atoms with van der Waals surface area (Å²) in [5.74, 6) is 1.73. The first-order valence-corrected chi connectivity index (χ1v) is 7.17. The number of guanidine groups is 1. The fraction of sp³-hybridized carbons (Fsp3) is 0.267. The molecule has 1 heterocycles. The summed E-state index contributed by atoms with van der Waals surface area (Å²) in [6.07, 6.45) is 1.67. The van der Waals surface area contributed by atoms with Crippen LogP contribution in [0.1, 0.15) is 11.3 Å². The van der Waals surface area contributed by atoms with Gasteiger partial charge in [0.1, 0.15) is 5.76 Å². The molecule has 0 aliphatic rings. The molecule has 0 bridgehead atoms. The average Bonchev–Trinajstić information content (AvgIpc) is 2.95. The summed E-state index contributed by atoms with van der Waals surface area (Å²) in [4.78, 5) is 6.36. The van der Waals surface area contributed by atoms with E-state index >= 15 is 0 Å². The minimum atomic E-state index is 0.629. The van der Waals surface area contributed by atoms with Gasteiger partial charge in [0.2, 0.25) is 0 Å². The van der Waals surface area contributed by atoms with Crippen LogP contribution in [0.2, 0.25) is 0 Å². The van der Waals surface area contributed by atoms with E-state index in [9.17, 15) is 0 Å². The first kappa shape index (κ1) is 14.7. The Kier molecular flexibility index (Phi) is 5.24. The number of aliphatic imine (C=N–C) groups is 1. The van der Waals surface area contributed by atoms with E-state index in [2.05, 4.69) is 43.3 Å². The van der Waals surface area contributed by atoms with Gasteiger partial charge in [0.15, 0.2) is 5.96 Å². The Morgan fingerprint density at radius 2 is 2.05 bits per heavy atom. The van der Waals surface area contributed by atoms with Crippen molar-refractivity contribution in [3.8, 4) is 0 Å². The average molecular weight is 336 g/mol. The number of hydrogen-bond acceptors (Lipinski definition) is 2. The summed E-state index contributed by atoms with van der Waals surface area (Å²) >= 11 is 3.44. The largest absolute Gasteiger partial charge is 0.467 e. The SMILES string of the molecule is CN=C(NCc1ccco1)N(C)Cc1ccc(Br)cc1. The van der Waals surface area contributed by atoms with E-state index in [1.165, 1.54) is 5.56 Å². The van der Waals surface area contributed by atoms with Gasteiger partial charge in [-0.2, -0.15) is 0 Å². The molecule has 2 rings (SSSR count). The van der Waals surface area contributed by atoms with Crippen molar-refractivity contribution in [1.82, 2.24) is 10.2 Å². The van der Waals surface area contributed by atoms with Gasteiger partial charge < -0.3 is 14.6 Å². The van der Waals surface area contributed by atoms with Gasteiger partial charge in [0.05, 0.1) is 12.8 Å². The maximum absolute atomic E-state index is 5.30. The van der Waals surface area contributed by atoms with Crippen molar-refractivity contribution in [3.05, 3.63) is 58.5 Å². The van der Waals surface area contributed by atoms with Crippen LogP contribution < -0.4 is 5.32 Å². The second kappa shape index (κ2) is 7.14. The van der Waals surface area contributed by atoms with Gasteiger partial charge in [-0.3, -0.25) is 4.99 Å². The fourth-order valence-corrected chi connectivity index (χ4v) is 2.17. The van der Waals surface area contributed by atoms with Crippen LogP contribution in [0.25, 0.3) is 0 Å². The third kappa shape index (κ3) is 4.13. The fourth-order valence-electron chi connectivity index (χ4n) is 1.90. The summed E-state index contributed by atoms with van der Waals surface area (Å²) in [5, 5.41) is 3.28. The molecule has 0 unspecified atom stereocenters. The summed E-state index contributed by atoms with van der Waals surface area (Å²) in [6, 6.07) is 12.1. The number of benzene rings is 1. The lowest BCUT2D eigenvalue weighted by molar-refractivity contribution is 0.459. The molecule has 5 heteroatoms. The number of furan rings is 1. The standard InChI is InChI=1S/C15H18BrN3O/c1-17-15(18-10-14-4-3-9-20-14)19(2)11-12-5-7-13(16)8-6-12/h3-9H,10-11H2,1-2H3,(H,17,18). The number of halogens is 1. The van der Waals surface area contributed by atoms with E-state index in [0.717, 1.165) is 22.7 Å². The van der Waals surface area contributed by atoms with Crippen molar-refractivity contribution in [2.24, 2.45) is 4.99 Å². The first-order chi connectivity index (χ1) is 9.69. The Labute approximate surface area is 127 Å². The smallest absolute Gasteiger partial charge is 0.194 e. The normalized spacial score (nSPS) is 11.4. The first-order valence-electron chi connectivity index (χ1n) is 6.37.